The van der Waals surface area contributed by atoms with E-state index in [9.17, 15) is 10.1 Å². The largest absolute Gasteiger partial charge is 0.270 e. The highest BCUT2D eigenvalue weighted by molar-refractivity contribution is 7.28. The van der Waals surface area contributed by atoms with Crippen LogP contribution in [0.3, 0.4) is 0 Å². The first-order valence-electron chi connectivity index (χ1n) is 2.80. The molecule has 5 heteroatoms. The van der Waals surface area contributed by atoms with E-state index in [4.69, 9.17) is 11.6 Å². The maximum atomic E-state index is 10.2. The molecule has 0 aliphatic heterocycles. The SMILES string of the molecule is O=[N+]([O-])c1ccc(Cl)c(P)c1. The van der Waals surface area contributed by atoms with Crippen LogP contribution in [0.25, 0.3) is 0 Å². The number of nitro groups is 1. The molecule has 0 aromatic heterocycles. The van der Waals surface area contributed by atoms with Crippen LogP contribution >= 0.6 is 20.8 Å². The third-order valence-electron chi connectivity index (χ3n) is 1.19. The summed E-state index contributed by atoms with van der Waals surface area (Å²) < 4.78 is 0. The number of nitrogens with zero attached hydrogens (tertiary/aromatic N) is 1. The second-order valence-electron chi connectivity index (χ2n) is 1.96. The molecule has 1 unspecified atom stereocenters. The van der Waals surface area contributed by atoms with Gasteiger partial charge in [0, 0.05) is 17.2 Å². The molecule has 1 rings (SSSR count). The molecular weight excluding hydrogens is 184 g/mol. The molecule has 1 aromatic rings. The minimum Gasteiger partial charge on any atom is -0.258 e. The average Bonchev–Trinajstić information content (AvgIpc) is 1.94. The summed E-state index contributed by atoms with van der Waals surface area (Å²) >= 11 is 5.64. The number of hydrogen-bond acceptors (Lipinski definition) is 2. The molecule has 0 saturated carbocycles. The molecule has 0 spiro atoms. The zero-order valence-corrected chi connectivity index (χ0v) is 7.36. The van der Waals surface area contributed by atoms with Gasteiger partial charge in [-0.25, -0.2) is 0 Å². The van der Waals surface area contributed by atoms with Crippen LogP contribution in [0.15, 0.2) is 18.2 Å². The molecule has 0 amide bonds. The van der Waals surface area contributed by atoms with Gasteiger partial charge < -0.3 is 0 Å². The van der Waals surface area contributed by atoms with Gasteiger partial charge in [0.25, 0.3) is 5.69 Å². The monoisotopic (exact) mass is 189 g/mol. The van der Waals surface area contributed by atoms with Gasteiger partial charge in [-0.05, 0) is 11.4 Å². The maximum Gasteiger partial charge on any atom is 0.270 e. The molecule has 11 heavy (non-hydrogen) atoms. The molecule has 0 aliphatic carbocycles. The predicted octanol–water partition coefficient (Wildman–Crippen LogP) is 1.75. The fourth-order valence-corrected chi connectivity index (χ4v) is 1.03. The quantitative estimate of drug-likeness (QED) is 0.384. The highest BCUT2D eigenvalue weighted by Gasteiger charge is 2.05. The summed E-state index contributed by atoms with van der Waals surface area (Å²) in [7, 11) is 2.33. The van der Waals surface area contributed by atoms with Gasteiger partial charge in [-0.1, -0.05) is 11.6 Å². The van der Waals surface area contributed by atoms with Crippen molar-refractivity contribution in [3.8, 4) is 0 Å². The second kappa shape index (κ2) is 3.16. The van der Waals surface area contributed by atoms with Crippen LogP contribution in [0.5, 0.6) is 0 Å². The molecule has 0 bridgehead atoms. The average molecular weight is 190 g/mol. The summed E-state index contributed by atoms with van der Waals surface area (Å²) in [5.74, 6) is 0. The Labute approximate surface area is 70.7 Å². The van der Waals surface area contributed by atoms with Crippen molar-refractivity contribution in [1.82, 2.24) is 0 Å². The molecule has 1 aromatic carbocycles. The van der Waals surface area contributed by atoms with Gasteiger partial charge in [0.1, 0.15) is 0 Å². The number of non-ortho nitro benzene ring substituents is 1. The fourth-order valence-electron chi connectivity index (χ4n) is 0.645. The molecule has 0 radical (unpaired) electrons. The van der Waals surface area contributed by atoms with Crippen molar-refractivity contribution in [1.29, 1.82) is 0 Å². The third kappa shape index (κ3) is 1.88. The van der Waals surface area contributed by atoms with E-state index in [2.05, 4.69) is 9.24 Å². The van der Waals surface area contributed by atoms with E-state index in [0.29, 0.717) is 10.3 Å². The summed E-state index contributed by atoms with van der Waals surface area (Å²) in [6.07, 6.45) is 0. The van der Waals surface area contributed by atoms with Crippen LogP contribution in [0.1, 0.15) is 0 Å². The number of rotatable bonds is 1. The first-order chi connectivity index (χ1) is 5.11. The lowest BCUT2D eigenvalue weighted by Crippen LogP contribution is -1.95. The minimum absolute atomic E-state index is 0.0550. The lowest BCUT2D eigenvalue weighted by Gasteiger charge is -1.95. The highest BCUT2D eigenvalue weighted by atomic mass is 35.5. The lowest BCUT2D eigenvalue weighted by molar-refractivity contribution is -0.384. The fraction of sp³-hybridized carbons (Fsp3) is 0. The first-order valence-corrected chi connectivity index (χ1v) is 3.76. The van der Waals surface area contributed by atoms with Gasteiger partial charge in [-0.3, -0.25) is 10.1 Å². The summed E-state index contributed by atoms with van der Waals surface area (Å²) in [5.41, 5.74) is 0.0550. The van der Waals surface area contributed by atoms with Gasteiger partial charge in [0.05, 0.1) is 4.92 Å². The number of nitro benzene ring substituents is 1. The lowest BCUT2D eigenvalue weighted by atomic mass is 10.3. The molecule has 0 fully saturated rings. The predicted molar refractivity (Wildman–Crippen MR) is 47.5 cm³/mol. The number of halogens is 1. The van der Waals surface area contributed by atoms with Crippen molar-refractivity contribution in [3.05, 3.63) is 33.3 Å². The van der Waals surface area contributed by atoms with Crippen molar-refractivity contribution in [2.24, 2.45) is 0 Å². The second-order valence-corrected chi connectivity index (χ2v) is 2.99. The zero-order valence-electron chi connectivity index (χ0n) is 5.45. The number of benzene rings is 1. The Kier molecular flexibility index (Phi) is 2.42. The Hall–Kier alpha value is -0.660. The van der Waals surface area contributed by atoms with E-state index in [0.717, 1.165) is 0 Å². The first kappa shape index (κ1) is 8.44. The molecular formula is C6H5ClNO2P. The van der Waals surface area contributed by atoms with Gasteiger partial charge in [0.2, 0.25) is 0 Å². The molecule has 0 heterocycles. The van der Waals surface area contributed by atoms with Crippen LogP contribution in [0.2, 0.25) is 5.02 Å². The Bertz CT molecular complexity index is 303. The van der Waals surface area contributed by atoms with Crippen molar-refractivity contribution in [2.75, 3.05) is 0 Å². The van der Waals surface area contributed by atoms with Gasteiger partial charge in [-0.15, -0.1) is 9.24 Å². The maximum absolute atomic E-state index is 10.2. The van der Waals surface area contributed by atoms with E-state index < -0.39 is 4.92 Å². The minimum atomic E-state index is -0.454. The van der Waals surface area contributed by atoms with Crippen LogP contribution in [-0.4, -0.2) is 4.92 Å². The Morgan fingerprint density at radius 3 is 2.64 bits per heavy atom. The Balaban J connectivity index is 3.15. The third-order valence-corrected chi connectivity index (χ3v) is 2.20. The van der Waals surface area contributed by atoms with Crippen molar-refractivity contribution < 1.29 is 4.92 Å². The topological polar surface area (TPSA) is 43.1 Å². The van der Waals surface area contributed by atoms with Crippen LogP contribution in [0.4, 0.5) is 5.69 Å². The van der Waals surface area contributed by atoms with Gasteiger partial charge >= 0.3 is 0 Å². The summed E-state index contributed by atoms with van der Waals surface area (Å²) in [6, 6.07) is 4.28. The normalized spacial score (nSPS) is 9.64. The van der Waals surface area contributed by atoms with Gasteiger partial charge in [-0.2, -0.15) is 0 Å². The van der Waals surface area contributed by atoms with E-state index in [1.807, 2.05) is 0 Å². The molecule has 0 aliphatic rings. The van der Waals surface area contributed by atoms with Crippen LogP contribution in [-0.2, 0) is 0 Å². The van der Waals surface area contributed by atoms with E-state index in [1.165, 1.54) is 18.2 Å². The standard InChI is InChI=1S/C6H5ClNO2P/c7-5-2-1-4(8(9)10)3-6(5)11/h1-3H,11H2. The Morgan fingerprint density at radius 1 is 1.55 bits per heavy atom. The highest BCUT2D eigenvalue weighted by Crippen LogP contribution is 2.15. The van der Waals surface area contributed by atoms with Crippen molar-refractivity contribution >= 4 is 31.8 Å². The van der Waals surface area contributed by atoms with Crippen molar-refractivity contribution in [2.45, 2.75) is 0 Å². The molecule has 3 nitrogen and oxygen atoms in total. The smallest absolute Gasteiger partial charge is 0.258 e. The van der Waals surface area contributed by atoms with Crippen LogP contribution in [0, 0.1) is 10.1 Å². The van der Waals surface area contributed by atoms with Crippen molar-refractivity contribution in [3.63, 3.8) is 0 Å². The van der Waals surface area contributed by atoms with E-state index in [1.54, 1.807) is 0 Å². The number of hydrogen-bond donors (Lipinski definition) is 0. The molecule has 1 atom stereocenters. The Morgan fingerprint density at radius 2 is 2.18 bits per heavy atom. The van der Waals surface area contributed by atoms with Gasteiger partial charge in [0.15, 0.2) is 0 Å². The van der Waals surface area contributed by atoms with E-state index in [-0.39, 0.29) is 5.69 Å². The summed E-state index contributed by atoms with van der Waals surface area (Å²) in [5, 5.41) is 11.4. The molecule has 0 saturated heterocycles. The molecule has 58 valence electrons. The zero-order chi connectivity index (χ0) is 8.43. The van der Waals surface area contributed by atoms with Crippen LogP contribution < -0.4 is 5.30 Å². The van der Waals surface area contributed by atoms with E-state index >= 15 is 0 Å². The summed E-state index contributed by atoms with van der Waals surface area (Å²) in [4.78, 5) is 9.76. The summed E-state index contributed by atoms with van der Waals surface area (Å²) in [6.45, 7) is 0. The molecule has 0 N–H and O–H groups in total.